The van der Waals surface area contributed by atoms with Crippen LogP contribution in [-0.2, 0) is 20.8 Å². The van der Waals surface area contributed by atoms with Crippen molar-refractivity contribution in [3.05, 3.63) is 29.8 Å². The molecular formula is C15H20F3NO4. The van der Waals surface area contributed by atoms with Crippen LogP contribution in [0.2, 0.25) is 0 Å². The molecule has 0 aromatic heterocycles. The van der Waals surface area contributed by atoms with Crippen LogP contribution in [0.4, 0.5) is 13.2 Å². The van der Waals surface area contributed by atoms with E-state index in [0.717, 1.165) is 5.56 Å². The molecule has 5 nitrogen and oxygen atoms in total. The molecule has 1 N–H and O–H groups in total. The lowest BCUT2D eigenvalue weighted by molar-refractivity contribution is -0.185. The number of halogens is 3. The van der Waals surface area contributed by atoms with Crippen molar-refractivity contribution < 1.29 is 32.2 Å². The lowest BCUT2D eigenvalue weighted by Gasteiger charge is -2.15. The van der Waals surface area contributed by atoms with Gasteiger partial charge in [-0.1, -0.05) is 12.1 Å². The number of hydrogen-bond donors (Lipinski definition) is 1. The second-order valence-corrected chi connectivity index (χ2v) is 4.77. The number of nitrogens with one attached hydrogen (secondary N) is 1. The van der Waals surface area contributed by atoms with Gasteiger partial charge in [-0.2, -0.15) is 13.2 Å². The second-order valence-electron chi connectivity index (χ2n) is 4.77. The van der Waals surface area contributed by atoms with Crippen LogP contribution in [-0.4, -0.2) is 45.1 Å². The molecule has 1 rings (SSSR count). The molecule has 0 fully saturated rings. The molecule has 0 aliphatic rings. The average Bonchev–Trinajstić information content (AvgIpc) is 2.50. The van der Waals surface area contributed by atoms with E-state index in [1.165, 1.54) is 6.92 Å². The topological polar surface area (TPSA) is 56.8 Å². The van der Waals surface area contributed by atoms with Gasteiger partial charge >= 0.3 is 6.18 Å². The van der Waals surface area contributed by atoms with Gasteiger partial charge in [0, 0.05) is 13.7 Å². The monoisotopic (exact) mass is 335 g/mol. The maximum Gasteiger partial charge on any atom is 0.411 e. The van der Waals surface area contributed by atoms with E-state index >= 15 is 0 Å². The summed E-state index contributed by atoms with van der Waals surface area (Å²) < 4.78 is 50.8. The molecule has 23 heavy (non-hydrogen) atoms. The number of hydrogen-bond acceptors (Lipinski definition) is 4. The van der Waals surface area contributed by atoms with Gasteiger partial charge in [0.05, 0.1) is 6.61 Å². The highest BCUT2D eigenvalue weighted by Gasteiger charge is 2.29. The Labute approximate surface area is 132 Å². The average molecular weight is 335 g/mol. The van der Waals surface area contributed by atoms with Crippen LogP contribution in [0.3, 0.4) is 0 Å². The molecule has 1 aromatic carbocycles. The van der Waals surface area contributed by atoms with Crippen molar-refractivity contribution in [1.82, 2.24) is 5.32 Å². The number of rotatable bonds is 9. The molecule has 0 saturated carbocycles. The first-order valence-electron chi connectivity index (χ1n) is 6.98. The van der Waals surface area contributed by atoms with E-state index in [0.29, 0.717) is 19.0 Å². The SMILES string of the molecule is COCCOc1cccc(CNC(=O)C(C)OCC(F)(F)F)c1. The van der Waals surface area contributed by atoms with E-state index in [-0.39, 0.29) is 6.54 Å². The minimum atomic E-state index is -4.46. The van der Waals surface area contributed by atoms with Crippen molar-refractivity contribution in [2.45, 2.75) is 25.7 Å². The molecule has 0 aliphatic carbocycles. The quantitative estimate of drug-likeness (QED) is 0.704. The Morgan fingerprint density at radius 3 is 2.70 bits per heavy atom. The van der Waals surface area contributed by atoms with Crippen molar-refractivity contribution in [2.24, 2.45) is 0 Å². The van der Waals surface area contributed by atoms with Gasteiger partial charge in [0.1, 0.15) is 25.1 Å². The predicted molar refractivity (Wildman–Crippen MR) is 77.1 cm³/mol. The van der Waals surface area contributed by atoms with Gasteiger partial charge in [0.25, 0.3) is 0 Å². The molecule has 0 radical (unpaired) electrons. The maximum absolute atomic E-state index is 12.0. The Bertz CT molecular complexity index is 494. The Morgan fingerprint density at radius 2 is 2.04 bits per heavy atom. The van der Waals surface area contributed by atoms with Gasteiger partial charge in [-0.05, 0) is 24.6 Å². The summed E-state index contributed by atoms with van der Waals surface area (Å²) in [6.45, 7) is 0.833. The molecular weight excluding hydrogens is 315 g/mol. The molecule has 1 atom stereocenters. The lowest BCUT2D eigenvalue weighted by Crippen LogP contribution is -2.36. The molecule has 0 aliphatic heterocycles. The summed E-state index contributed by atoms with van der Waals surface area (Å²) in [5, 5.41) is 2.52. The number of benzene rings is 1. The molecule has 0 bridgehead atoms. The van der Waals surface area contributed by atoms with E-state index in [9.17, 15) is 18.0 Å². The largest absolute Gasteiger partial charge is 0.491 e. The standard InChI is InChI=1S/C15H20F3NO4/c1-11(23-10-15(16,17)18)14(20)19-9-12-4-3-5-13(8-12)22-7-6-21-2/h3-5,8,11H,6-7,9-10H2,1-2H3,(H,19,20). The van der Waals surface area contributed by atoms with Crippen molar-refractivity contribution in [3.8, 4) is 5.75 Å². The van der Waals surface area contributed by atoms with Crippen LogP contribution in [0.15, 0.2) is 24.3 Å². The zero-order valence-corrected chi connectivity index (χ0v) is 13.0. The highest BCUT2D eigenvalue weighted by Crippen LogP contribution is 2.16. The van der Waals surface area contributed by atoms with E-state index < -0.39 is 24.8 Å². The minimum Gasteiger partial charge on any atom is -0.491 e. The third-order valence-electron chi connectivity index (χ3n) is 2.79. The summed E-state index contributed by atoms with van der Waals surface area (Å²) >= 11 is 0. The fraction of sp³-hybridized carbons (Fsp3) is 0.533. The van der Waals surface area contributed by atoms with Crippen LogP contribution in [0.5, 0.6) is 5.75 Å². The fourth-order valence-corrected chi connectivity index (χ4v) is 1.62. The number of alkyl halides is 3. The zero-order chi connectivity index (χ0) is 17.3. The van der Waals surface area contributed by atoms with Crippen molar-refractivity contribution in [2.75, 3.05) is 26.9 Å². The molecule has 8 heteroatoms. The molecule has 1 aromatic rings. The summed E-state index contributed by atoms with van der Waals surface area (Å²) in [6.07, 6.45) is -5.64. The highest BCUT2D eigenvalue weighted by atomic mass is 19.4. The molecule has 0 heterocycles. The number of carbonyl (C=O) groups excluding carboxylic acids is 1. The molecule has 0 spiro atoms. The molecule has 1 amide bonds. The van der Waals surface area contributed by atoms with Gasteiger partial charge in [-0.25, -0.2) is 0 Å². The van der Waals surface area contributed by atoms with Crippen molar-refractivity contribution >= 4 is 5.91 Å². The van der Waals surface area contributed by atoms with Crippen LogP contribution < -0.4 is 10.1 Å². The Hall–Kier alpha value is -1.80. The third-order valence-corrected chi connectivity index (χ3v) is 2.79. The normalized spacial score (nSPS) is 12.7. The summed E-state index contributed by atoms with van der Waals surface area (Å²) in [5.74, 6) is 0.00937. The summed E-state index contributed by atoms with van der Waals surface area (Å²) in [7, 11) is 1.57. The van der Waals surface area contributed by atoms with Gasteiger partial charge in [-0.3, -0.25) is 4.79 Å². The van der Waals surface area contributed by atoms with E-state index in [2.05, 4.69) is 10.1 Å². The van der Waals surface area contributed by atoms with Crippen LogP contribution >= 0.6 is 0 Å². The minimum absolute atomic E-state index is 0.167. The van der Waals surface area contributed by atoms with E-state index in [1.54, 1.807) is 31.4 Å². The Morgan fingerprint density at radius 1 is 1.30 bits per heavy atom. The summed E-state index contributed by atoms with van der Waals surface area (Å²) in [5.41, 5.74) is 0.760. The van der Waals surface area contributed by atoms with Gasteiger partial charge in [0.15, 0.2) is 0 Å². The van der Waals surface area contributed by atoms with Crippen LogP contribution in [0.1, 0.15) is 12.5 Å². The van der Waals surface area contributed by atoms with Crippen LogP contribution in [0.25, 0.3) is 0 Å². The predicted octanol–water partition coefficient (Wildman–Crippen LogP) is 2.30. The van der Waals surface area contributed by atoms with E-state index in [4.69, 9.17) is 9.47 Å². The zero-order valence-electron chi connectivity index (χ0n) is 13.0. The smallest absolute Gasteiger partial charge is 0.411 e. The Kier molecular flexibility index (Phi) is 7.84. The number of amides is 1. The van der Waals surface area contributed by atoms with Gasteiger partial charge < -0.3 is 19.5 Å². The van der Waals surface area contributed by atoms with Gasteiger partial charge in [0.2, 0.25) is 5.91 Å². The molecule has 1 unspecified atom stereocenters. The summed E-state index contributed by atoms with van der Waals surface area (Å²) in [6, 6.07) is 7.02. The maximum atomic E-state index is 12.0. The first-order chi connectivity index (χ1) is 10.8. The molecule has 0 saturated heterocycles. The first-order valence-corrected chi connectivity index (χ1v) is 6.98. The van der Waals surface area contributed by atoms with Crippen LogP contribution in [0, 0.1) is 0 Å². The third kappa shape index (κ3) is 8.41. The number of carbonyl (C=O) groups is 1. The number of ether oxygens (including phenoxy) is 3. The Balaban J connectivity index is 2.41. The van der Waals surface area contributed by atoms with E-state index in [1.807, 2.05) is 0 Å². The second kappa shape index (κ2) is 9.36. The van der Waals surface area contributed by atoms with Crippen molar-refractivity contribution in [3.63, 3.8) is 0 Å². The highest BCUT2D eigenvalue weighted by molar-refractivity contribution is 5.80. The fourth-order valence-electron chi connectivity index (χ4n) is 1.62. The molecule has 130 valence electrons. The van der Waals surface area contributed by atoms with Gasteiger partial charge in [-0.15, -0.1) is 0 Å². The lowest BCUT2D eigenvalue weighted by atomic mass is 10.2. The summed E-state index contributed by atoms with van der Waals surface area (Å²) in [4.78, 5) is 11.7. The number of methoxy groups -OCH3 is 1. The van der Waals surface area contributed by atoms with Crippen molar-refractivity contribution in [1.29, 1.82) is 0 Å². The first kappa shape index (κ1) is 19.2.